The minimum Gasteiger partial charge on any atom is -0.457 e. The number of hydrogen-bond acceptors (Lipinski definition) is 3. The molecule has 2 heterocycles. The first kappa shape index (κ1) is 12.6. The number of rotatable bonds is 2. The first-order valence-corrected chi connectivity index (χ1v) is 6.58. The summed E-state index contributed by atoms with van der Waals surface area (Å²) in [6.07, 6.45) is 3.02. The van der Waals surface area contributed by atoms with Gasteiger partial charge in [0.05, 0.1) is 11.7 Å². The summed E-state index contributed by atoms with van der Waals surface area (Å²) in [6, 6.07) is 1.67. The normalized spacial score (nSPS) is 22.5. The number of piperidine rings is 1. The molecule has 0 bridgehead atoms. The molecule has 2 unspecified atom stereocenters. The minimum absolute atomic E-state index is 0.0233. The van der Waals surface area contributed by atoms with E-state index in [4.69, 9.17) is 4.42 Å². The van der Waals surface area contributed by atoms with Crippen LogP contribution in [0.25, 0.3) is 0 Å². The first-order valence-electron chi connectivity index (χ1n) is 5.79. The van der Waals surface area contributed by atoms with Gasteiger partial charge in [0.1, 0.15) is 6.26 Å². The number of aliphatic hydroxyl groups is 1. The molecule has 1 aromatic heterocycles. The molecule has 0 saturated carbocycles. The van der Waals surface area contributed by atoms with Crippen LogP contribution in [-0.2, 0) is 0 Å². The second-order valence-electron chi connectivity index (χ2n) is 4.53. The van der Waals surface area contributed by atoms with Crippen LogP contribution >= 0.6 is 15.9 Å². The second-order valence-corrected chi connectivity index (χ2v) is 5.32. The molecular weight excluding hydrogens is 286 g/mol. The maximum Gasteiger partial charge on any atom is 0.257 e. The molecule has 17 heavy (non-hydrogen) atoms. The monoisotopic (exact) mass is 301 g/mol. The fourth-order valence-corrected chi connectivity index (χ4v) is 2.53. The smallest absolute Gasteiger partial charge is 0.257 e. The molecule has 1 aromatic rings. The van der Waals surface area contributed by atoms with Gasteiger partial charge in [-0.05, 0) is 35.7 Å². The summed E-state index contributed by atoms with van der Waals surface area (Å²) in [5.41, 5.74) is 0.558. The highest BCUT2D eigenvalue weighted by Gasteiger charge is 2.27. The number of carbonyl (C=O) groups is 1. The summed E-state index contributed by atoms with van der Waals surface area (Å²) in [5.74, 6) is 0.160. The fourth-order valence-electron chi connectivity index (χ4n) is 2.19. The lowest BCUT2D eigenvalue weighted by Gasteiger charge is -2.33. The largest absolute Gasteiger partial charge is 0.457 e. The number of carbonyl (C=O) groups excluding carboxylic acids is 1. The third-order valence-corrected chi connectivity index (χ3v) is 3.66. The molecule has 94 valence electrons. The van der Waals surface area contributed by atoms with Crippen LogP contribution in [0.15, 0.2) is 21.4 Å². The van der Waals surface area contributed by atoms with Crippen LogP contribution in [0.1, 0.15) is 30.1 Å². The predicted molar refractivity (Wildman–Crippen MR) is 66.7 cm³/mol. The predicted octanol–water partition coefficient (Wildman–Crippen LogP) is 2.28. The van der Waals surface area contributed by atoms with E-state index in [9.17, 15) is 9.90 Å². The number of hydrogen-bond donors (Lipinski definition) is 1. The quantitative estimate of drug-likeness (QED) is 0.912. The molecule has 1 saturated heterocycles. The third kappa shape index (κ3) is 2.90. The topological polar surface area (TPSA) is 53.7 Å². The Labute approximate surface area is 109 Å². The van der Waals surface area contributed by atoms with Crippen molar-refractivity contribution in [3.63, 3.8) is 0 Å². The number of likely N-dealkylation sites (tertiary alicyclic amines) is 1. The van der Waals surface area contributed by atoms with Gasteiger partial charge in [-0.2, -0.15) is 0 Å². The van der Waals surface area contributed by atoms with Crippen LogP contribution in [0, 0.1) is 5.92 Å². The number of amides is 1. The maximum absolute atomic E-state index is 12.1. The molecule has 1 aliphatic rings. The fraction of sp³-hybridized carbons (Fsp3) is 0.583. The van der Waals surface area contributed by atoms with E-state index >= 15 is 0 Å². The Morgan fingerprint density at radius 3 is 3.06 bits per heavy atom. The van der Waals surface area contributed by atoms with Crippen LogP contribution in [0.4, 0.5) is 0 Å². The SMILES string of the molecule is CC(O)C1CCCN(C(=O)c2coc(Br)c2)C1. The van der Waals surface area contributed by atoms with Gasteiger partial charge >= 0.3 is 0 Å². The van der Waals surface area contributed by atoms with E-state index in [0.717, 1.165) is 19.4 Å². The van der Waals surface area contributed by atoms with Crippen LogP contribution in [0.5, 0.6) is 0 Å². The van der Waals surface area contributed by atoms with Gasteiger partial charge in [0.15, 0.2) is 4.67 Å². The van der Waals surface area contributed by atoms with Gasteiger partial charge < -0.3 is 14.4 Å². The van der Waals surface area contributed by atoms with Gasteiger partial charge in [0.2, 0.25) is 0 Å². The summed E-state index contributed by atoms with van der Waals surface area (Å²) in [7, 11) is 0. The van der Waals surface area contributed by atoms with E-state index in [1.807, 2.05) is 0 Å². The maximum atomic E-state index is 12.1. The Balaban J connectivity index is 2.04. The van der Waals surface area contributed by atoms with E-state index in [1.165, 1.54) is 6.26 Å². The van der Waals surface area contributed by atoms with Crippen molar-refractivity contribution in [3.05, 3.63) is 22.6 Å². The van der Waals surface area contributed by atoms with Crippen molar-refractivity contribution in [3.8, 4) is 0 Å². The molecule has 4 nitrogen and oxygen atoms in total. The van der Waals surface area contributed by atoms with Crippen molar-refractivity contribution in [2.45, 2.75) is 25.9 Å². The van der Waals surface area contributed by atoms with Gasteiger partial charge in [0, 0.05) is 25.1 Å². The standard InChI is InChI=1S/C12H16BrNO3/c1-8(15)9-3-2-4-14(6-9)12(16)10-5-11(13)17-7-10/h5,7-9,15H,2-4,6H2,1H3. The summed E-state index contributed by atoms with van der Waals surface area (Å²) in [5, 5.41) is 9.59. The summed E-state index contributed by atoms with van der Waals surface area (Å²) in [6.45, 7) is 3.16. The summed E-state index contributed by atoms with van der Waals surface area (Å²) < 4.78 is 5.63. The van der Waals surface area contributed by atoms with Crippen molar-refractivity contribution in [2.24, 2.45) is 5.92 Å². The van der Waals surface area contributed by atoms with Gasteiger partial charge in [0.25, 0.3) is 5.91 Å². The Morgan fingerprint density at radius 1 is 1.71 bits per heavy atom. The molecule has 1 N–H and O–H groups in total. The molecule has 5 heteroatoms. The highest BCUT2D eigenvalue weighted by atomic mass is 79.9. The molecular formula is C12H16BrNO3. The Hall–Kier alpha value is -0.810. The number of furan rings is 1. The lowest BCUT2D eigenvalue weighted by atomic mass is 9.93. The molecule has 1 aliphatic heterocycles. The third-order valence-electron chi connectivity index (χ3n) is 3.24. The van der Waals surface area contributed by atoms with E-state index in [2.05, 4.69) is 15.9 Å². The van der Waals surface area contributed by atoms with Crippen LogP contribution in [0.2, 0.25) is 0 Å². The van der Waals surface area contributed by atoms with E-state index in [1.54, 1.807) is 17.9 Å². The second kappa shape index (κ2) is 5.23. The zero-order valence-electron chi connectivity index (χ0n) is 9.73. The molecule has 0 aliphatic carbocycles. The van der Waals surface area contributed by atoms with Crippen molar-refractivity contribution in [2.75, 3.05) is 13.1 Å². The van der Waals surface area contributed by atoms with Crippen LogP contribution in [-0.4, -0.2) is 35.1 Å². The van der Waals surface area contributed by atoms with Gasteiger partial charge in [-0.1, -0.05) is 0 Å². The van der Waals surface area contributed by atoms with Gasteiger partial charge in [-0.3, -0.25) is 4.79 Å². The average molecular weight is 302 g/mol. The van der Waals surface area contributed by atoms with Crippen LogP contribution < -0.4 is 0 Å². The van der Waals surface area contributed by atoms with Crippen LogP contribution in [0.3, 0.4) is 0 Å². The first-order chi connectivity index (χ1) is 8.08. The molecule has 1 amide bonds. The van der Waals surface area contributed by atoms with E-state index in [0.29, 0.717) is 16.8 Å². The lowest BCUT2D eigenvalue weighted by molar-refractivity contribution is 0.0465. The van der Waals surface area contributed by atoms with Crippen molar-refractivity contribution in [1.82, 2.24) is 4.90 Å². The molecule has 1 fully saturated rings. The highest BCUT2D eigenvalue weighted by molar-refractivity contribution is 9.10. The molecule has 0 spiro atoms. The van der Waals surface area contributed by atoms with E-state index in [-0.39, 0.29) is 17.9 Å². The lowest BCUT2D eigenvalue weighted by Crippen LogP contribution is -2.42. The summed E-state index contributed by atoms with van der Waals surface area (Å²) >= 11 is 3.18. The molecule has 0 aromatic carbocycles. The molecule has 2 atom stereocenters. The van der Waals surface area contributed by atoms with Crippen molar-refractivity contribution in [1.29, 1.82) is 0 Å². The Morgan fingerprint density at radius 2 is 2.47 bits per heavy atom. The van der Waals surface area contributed by atoms with Crippen molar-refractivity contribution < 1.29 is 14.3 Å². The molecule has 0 radical (unpaired) electrons. The van der Waals surface area contributed by atoms with E-state index < -0.39 is 0 Å². The van der Waals surface area contributed by atoms with Crippen molar-refractivity contribution >= 4 is 21.8 Å². The number of nitrogens with zero attached hydrogens (tertiary/aromatic N) is 1. The average Bonchev–Trinajstić information content (AvgIpc) is 2.75. The Kier molecular flexibility index (Phi) is 3.89. The number of aliphatic hydroxyl groups excluding tert-OH is 1. The van der Waals surface area contributed by atoms with Gasteiger partial charge in [-0.25, -0.2) is 0 Å². The number of halogens is 1. The minimum atomic E-state index is -0.360. The zero-order valence-corrected chi connectivity index (χ0v) is 11.3. The van der Waals surface area contributed by atoms with Gasteiger partial charge in [-0.15, -0.1) is 0 Å². The highest BCUT2D eigenvalue weighted by Crippen LogP contribution is 2.22. The summed E-state index contributed by atoms with van der Waals surface area (Å²) in [4.78, 5) is 13.9. The zero-order chi connectivity index (χ0) is 12.4. The Bertz CT molecular complexity index is 402. The molecule has 2 rings (SSSR count).